The van der Waals surface area contributed by atoms with Crippen LogP contribution in [0.2, 0.25) is 5.02 Å². The number of rotatable bonds is 5. The van der Waals surface area contributed by atoms with Gasteiger partial charge >= 0.3 is 6.03 Å². The molecule has 1 aromatic carbocycles. The molecule has 1 saturated carbocycles. The molecule has 1 aliphatic carbocycles. The highest BCUT2D eigenvalue weighted by Gasteiger charge is 2.27. The van der Waals surface area contributed by atoms with E-state index in [2.05, 4.69) is 26.0 Å². The summed E-state index contributed by atoms with van der Waals surface area (Å²) in [6, 6.07) is 7.50. The van der Waals surface area contributed by atoms with Crippen LogP contribution in [0.3, 0.4) is 0 Å². The summed E-state index contributed by atoms with van der Waals surface area (Å²) < 4.78 is 0. The van der Waals surface area contributed by atoms with Crippen LogP contribution in [0.1, 0.15) is 43.0 Å². The quantitative estimate of drug-likeness (QED) is 0.785. The first-order chi connectivity index (χ1) is 11.2. The number of hydrogen-bond donors (Lipinski definition) is 3. The molecule has 1 aromatic heterocycles. The van der Waals surface area contributed by atoms with Gasteiger partial charge in [-0.05, 0) is 36.5 Å². The summed E-state index contributed by atoms with van der Waals surface area (Å²) in [6.45, 7) is 0.343. The molecule has 0 unspecified atom stereocenters. The first kappa shape index (κ1) is 15.8. The topological polar surface area (TPSA) is 82.7 Å². The number of nitrogens with zero attached hydrogens (tertiary/aromatic N) is 2. The molecule has 7 heteroatoms. The Morgan fingerprint density at radius 3 is 2.91 bits per heavy atom. The van der Waals surface area contributed by atoms with Crippen molar-refractivity contribution in [2.45, 2.75) is 38.3 Å². The van der Waals surface area contributed by atoms with Gasteiger partial charge in [0.05, 0.1) is 18.8 Å². The second kappa shape index (κ2) is 7.46. The predicted molar refractivity (Wildman–Crippen MR) is 87.9 cm³/mol. The van der Waals surface area contributed by atoms with E-state index >= 15 is 0 Å². The standard InChI is InChI=1S/C16H20ClN5O/c17-13-7-3-6-12(8-13)15(11-4-1-2-5-11)20-16(23)18-9-14-10-19-22-21-14/h3,6-8,10-11,15H,1-2,4-5,9H2,(H2,18,20,23)(H,19,21,22)/t15-/m0/s1. The molecule has 23 heavy (non-hydrogen) atoms. The SMILES string of the molecule is O=C(NCc1cn[nH]n1)N[C@H](c1cccc(Cl)c1)C1CCCC1. The Hall–Kier alpha value is -2.08. The number of H-pyrrole nitrogens is 1. The Morgan fingerprint density at radius 2 is 2.22 bits per heavy atom. The first-order valence-electron chi connectivity index (χ1n) is 7.87. The predicted octanol–water partition coefficient (Wildman–Crippen LogP) is 3.19. The Kier molecular flexibility index (Phi) is 5.12. The van der Waals surface area contributed by atoms with Crippen LogP contribution >= 0.6 is 11.6 Å². The minimum atomic E-state index is -0.204. The van der Waals surface area contributed by atoms with Gasteiger partial charge in [-0.25, -0.2) is 4.79 Å². The van der Waals surface area contributed by atoms with Gasteiger partial charge in [-0.3, -0.25) is 0 Å². The number of amides is 2. The third kappa shape index (κ3) is 4.22. The Bertz CT molecular complexity index is 640. The highest BCUT2D eigenvalue weighted by Crippen LogP contribution is 2.36. The van der Waals surface area contributed by atoms with Crippen molar-refractivity contribution in [3.8, 4) is 0 Å². The van der Waals surface area contributed by atoms with Crippen molar-refractivity contribution < 1.29 is 4.79 Å². The molecular weight excluding hydrogens is 314 g/mol. The molecule has 6 nitrogen and oxygen atoms in total. The molecule has 0 saturated heterocycles. The summed E-state index contributed by atoms with van der Waals surface area (Å²) >= 11 is 6.11. The number of nitrogens with one attached hydrogen (secondary N) is 3. The van der Waals surface area contributed by atoms with Gasteiger partial charge in [0, 0.05) is 5.02 Å². The zero-order chi connectivity index (χ0) is 16.1. The average Bonchev–Trinajstić information content (AvgIpc) is 3.24. The maximum absolute atomic E-state index is 12.3. The molecule has 3 N–H and O–H groups in total. The Morgan fingerprint density at radius 1 is 1.39 bits per heavy atom. The molecule has 0 aliphatic heterocycles. The summed E-state index contributed by atoms with van der Waals surface area (Å²) in [5.74, 6) is 0.450. The Balaban J connectivity index is 1.66. The molecule has 2 aromatic rings. The zero-order valence-corrected chi connectivity index (χ0v) is 13.5. The van der Waals surface area contributed by atoms with E-state index in [-0.39, 0.29) is 12.1 Å². The fourth-order valence-electron chi connectivity index (χ4n) is 3.14. The van der Waals surface area contributed by atoms with E-state index in [0.29, 0.717) is 23.2 Å². The third-order valence-corrected chi connectivity index (χ3v) is 4.50. The van der Waals surface area contributed by atoms with Gasteiger partial charge < -0.3 is 10.6 Å². The van der Waals surface area contributed by atoms with Crippen molar-refractivity contribution in [3.63, 3.8) is 0 Å². The average molecular weight is 334 g/mol. The van der Waals surface area contributed by atoms with Crippen molar-refractivity contribution in [1.29, 1.82) is 0 Å². The molecule has 0 radical (unpaired) electrons. The molecule has 1 heterocycles. The smallest absolute Gasteiger partial charge is 0.315 e. The molecule has 2 amide bonds. The number of halogens is 1. The molecule has 122 valence electrons. The second-order valence-corrected chi connectivity index (χ2v) is 6.30. The zero-order valence-electron chi connectivity index (χ0n) is 12.8. The summed E-state index contributed by atoms with van der Waals surface area (Å²) in [5, 5.41) is 16.8. The number of urea groups is 1. The molecule has 1 aliphatic rings. The van der Waals surface area contributed by atoms with Crippen LogP contribution in [0.25, 0.3) is 0 Å². The summed E-state index contributed by atoms with van der Waals surface area (Å²) in [7, 11) is 0. The summed E-state index contributed by atoms with van der Waals surface area (Å²) in [6.07, 6.45) is 6.27. The third-order valence-electron chi connectivity index (χ3n) is 4.26. The maximum atomic E-state index is 12.3. The molecule has 0 spiro atoms. The lowest BCUT2D eigenvalue weighted by Gasteiger charge is -2.25. The van der Waals surface area contributed by atoms with Gasteiger partial charge in [-0.1, -0.05) is 36.6 Å². The van der Waals surface area contributed by atoms with Gasteiger partial charge in [-0.15, -0.1) is 0 Å². The van der Waals surface area contributed by atoms with Crippen LogP contribution < -0.4 is 10.6 Å². The van der Waals surface area contributed by atoms with Crippen LogP contribution in [0, 0.1) is 5.92 Å². The summed E-state index contributed by atoms with van der Waals surface area (Å²) in [4.78, 5) is 12.3. The lowest BCUT2D eigenvalue weighted by Crippen LogP contribution is -2.40. The molecule has 3 rings (SSSR count). The number of benzene rings is 1. The lowest BCUT2D eigenvalue weighted by molar-refractivity contribution is 0.230. The van der Waals surface area contributed by atoms with Gasteiger partial charge in [0.2, 0.25) is 0 Å². The number of hydrogen-bond acceptors (Lipinski definition) is 3. The van der Waals surface area contributed by atoms with E-state index in [1.165, 1.54) is 12.8 Å². The number of carbonyl (C=O) groups is 1. The van der Waals surface area contributed by atoms with Crippen LogP contribution in [-0.4, -0.2) is 21.4 Å². The largest absolute Gasteiger partial charge is 0.332 e. The van der Waals surface area contributed by atoms with Crippen molar-refractivity contribution in [2.24, 2.45) is 5.92 Å². The molecule has 1 fully saturated rings. The van der Waals surface area contributed by atoms with E-state index in [9.17, 15) is 4.79 Å². The van der Waals surface area contributed by atoms with Gasteiger partial charge in [0.1, 0.15) is 5.69 Å². The van der Waals surface area contributed by atoms with E-state index in [4.69, 9.17) is 11.6 Å². The van der Waals surface area contributed by atoms with Gasteiger partial charge in [0.25, 0.3) is 0 Å². The first-order valence-corrected chi connectivity index (χ1v) is 8.24. The van der Waals surface area contributed by atoms with E-state index < -0.39 is 0 Å². The molecular formula is C16H20ClN5O. The minimum absolute atomic E-state index is 0.0199. The molecule has 0 bridgehead atoms. The summed E-state index contributed by atoms with van der Waals surface area (Å²) in [5.41, 5.74) is 1.75. The van der Waals surface area contributed by atoms with E-state index in [0.717, 1.165) is 18.4 Å². The normalized spacial score (nSPS) is 16.2. The van der Waals surface area contributed by atoms with E-state index in [1.807, 2.05) is 24.3 Å². The number of carbonyl (C=O) groups excluding carboxylic acids is 1. The van der Waals surface area contributed by atoms with Crippen LogP contribution in [0.5, 0.6) is 0 Å². The van der Waals surface area contributed by atoms with Crippen molar-refractivity contribution in [1.82, 2.24) is 26.0 Å². The van der Waals surface area contributed by atoms with Gasteiger partial charge in [0.15, 0.2) is 0 Å². The lowest BCUT2D eigenvalue weighted by atomic mass is 9.92. The van der Waals surface area contributed by atoms with Gasteiger partial charge in [-0.2, -0.15) is 15.4 Å². The van der Waals surface area contributed by atoms with E-state index in [1.54, 1.807) is 6.20 Å². The van der Waals surface area contributed by atoms with Crippen molar-refractivity contribution in [3.05, 3.63) is 46.7 Å². The van der Waals surface area contributed by atoms with Crippen molar-refractivity contribution in [2.75, 3.05) is 0 Å². The number of aromatic amines is 1. The van der Waals surface area contributed by atoms with Crippen LogP contribution in [0.15, 0.2) is 30.5 Å². The van der Waals surface area contributed by atoms with Crippen molar-refractivity contribution >= 4 is 17.6 Å². The highest BCUT2D eigenvalue weighted by molar-refractivity contribution is 6.30. The number of aromatic nitrogens is 3. The van der Waals surface area contributed by atoms with Crippen LogP contribution in [0.4, 0.5) is 4.79 Å². The fourth-order valence-corrected chi connectivity index (χ4v) is 3.34. The molecule has 1 atom stereocenters. The second-order valence-electron chi connectivity index (χ2n) is 5.87. The van der Waals surface area contributed by atoms with Crippen LogP contribution in [-0.2, 0) is 6.54 Å². The highest BCUT2D eigenvalue weighted by atomic mass is 35.5. The minimum Gasteiger partial charge on any atom is -0.332 e. The fraction of sp³-hybridized carbons (Fsp3) is 0.438. The monoisotopic (exact) mass is 333 g/mol. The maximum Gasteiger partial charge on any atom is 0.315 e. The Labute approximate surface area is 140 Å².